The van der Waals surface area contributed by atoms with Crippen molar-refractivity contribution in [3.63, 3.8) is 0 Å². The van der Waals surface area contributed by atoms with E-state index < -0.39 is 0 Å². The lowest BCUT2D eigenvalue weighted by molar-refractivity contribution is 0.853. The van der Waals surface area contributed by atoms with Crippen LogP contribution in [0.5, 0.6) is 0 Å². The highest BCUT2D eigenvalue weighted by molar-refractivity contribution is 5.69. The van der Waals surface area contributed by atoms with Gasteiger partial charge >= 0.3 is 0 Å². The topological polar surface area (TPSA) is 26.0 Å². The zero-order valence-corrected chi connectivity index (χ0v) is 13.8. The van der Waals surface area contributed by atoms with Crippen molar-refractivity contribution in [1.29, 1.82) is 0 Å². The fourth-order valence-electron chi connectivity index (χ4n) is 2.89. The van der Waals surface area contributed by atoms with Gasteiger partial charge in [0.15, 0.2) is 0 Å². The van der Waals surface area contributed by atoms with E-state index in [-0.39, 0.29) is 5.92 Å². The quantitative estimate of drug-likeness (QED) is 0.689. The molecule has 0 amide bonds. The number of rotatable bonds is 5. The van der Waals surface area contributed by atoms with Crippen LogP contribution in [0.2, 0.25) is 0 Å². The second-order valence-electron chi connectivity index (χ2n) is 6.03. The van der Waals surface area contributed by atoms with E-state index in [2.05, 4.69) is 64.3 Å². The number of hydrogen-bond donors (Lipinski definition) is 1. The first-order chi connectivity index (χ1) is 10.5. The molecule has 2 aromatic rings. The monoisotopic (exact) mass is 291 g/mol. The first-order valence-electron chi connectivity index (χ1n) is 7.76. The molecular weight excluding hydrogens is 266 g/mol. The van der Waals surface area contributed by atoms with E-state index in [4.69, 9.17) is 5.73 Å². The SMILES string of the molecule is C=Cc1ccccc1C(C)c1cc(C=C)c(N)c(C(C)C)c1. The summed E-state index contributed by atoms with van der Waals surface area (Å²) >= 11 is 0. The zero-order valence-electron chi connectivity index (χ0n) is 13.8. The Bertz CT molecular complexity index is 695. The van der Waals surface area contributed by atoms with Gasteiger partial charge in [-0.1, -0.05) is 76.4 Å². The average molecular weight is 291 g/mol. The normalized spacial score (nSPS) is 12.2. The summed E-state index contributed by atoms with van der Waals surface area (Å²) in [6.45, 7) is 14.4. The average Bonchev–Trinajstić information content (AvgIpc) is 2.54. The first-order valence-corrected chi connectivity index (χ1v) is 7.76. The van der Waals surface area contributed by atoms with Crippen LogP contribution in [0, 0.1) is 0 Å². The van der Waals surface area contributed by atoms with E-state index in [0.717, 1.165) is 11.3 Å². The molecule has 1 atom stereocenters. The van der Waals surface area contributed by atoms with Gasteiger partial charge < -0.3 is 5.73 Å². The number of benzene rings is 2. The Hall–Kier alpha value is -2.28. The molecule has 0 spiro atoms. The summed E-state index contributed by atoms with van der Waals surface area (Å²) in [5, 5.41) is 0. The molecule has 0 aliphatic carbocycles. The lowest BCUT2D eigenvalue weighted by Crippen LogP contribution is -2.05. The molecule has 1 heteroatoms. The van der Waals surface area contributed by atoms with E-state index >= 15 is 0 Å². The highest BCUT2D eigenvalue weighted by Gasteiger charge is 2.16. The molecule has 0 saturated carbocycles. The summed E-state index contributed by atoms with van der Waals surface area (Å²) in [7, 11) is 0. The minimum absolute atomic E-state index is 0.283. The van der Waals surface area contributed by atoms with Gasteiger partial charge in [0.05, 0.1) is 0 Å². The third-order valence-electron chi connectivity index (χ3n) is 4.29. The van der Waals surface area contributed by atoms with E-state index in [9.17, 15) is 0 Å². The third-order valence-corrected chi connectivity index (χ3v) is 4.29. The highest BCUT2D eigenvalue weighted by atomic mass is 14.6. The molecule has 22 heavy (non-hydrogen) atoms. The van der Waals surface area contributed by atoms with Crippen molar-refractivity contribution < 1.29 is 0 Å². The Balaban J connectivity index is 2.58. The van der Waals surface area contributed by atoms with Crippen molar-refractivity contribution in [1.82, 2.24) is 0 Å². The van der Waals surface area contributed by atoms with Crippen LogP contribution in [0.1, 0.15) is 60.4 Å². The molecule has 2 N–H and O–H groups in total. The summed E-state index contributed by atoms with van der Waals surface area (Å²) in [5.74, 6) is 0.673. The van der Waals surface area contributed by atoms with Gasteiger partial charge in [-0.2, -0.15) is 0 Å². The maximum Gasteiger partial charge on any atom is 0.0422 e. The van der Waals surface area contributed by atoms with Crippen LogP contribution >= 0.6 is 0 Å². The fourth-order valence-corrected chi connectivity index (χ4v) is 2.89. The molecule has 2 rings (SSSR count). The molecule has 0 bridgehead atoms. The maximum atomic E-state index is 6.27. The van der Waals surface area contributed by atoms with Gasteiger partial charge in [0, 0.05) is 11.6 Å². The van der Waals surface area contributed by atoms with Crippen molar-refractivity contribution >= 4 is 17.8 Å². The van der Waals surface area contributed by atoms with Gasteiger partial charge in [-0.15, -0.1) is 0 Å². The molecule has 114 valence electrons. The summed E-state index contributed by atoms with van der Waals surface area (Å²) in [5.41, 5.74) is 13.1. The molecule has 0 heterocycles. The van der Waals surface area contributed by atoms with Crippen molar-refractivity contribution in [2.75, 3.05) is 5.73 Å². The second kappa shape index (κ2) is 6.65. The zero-order chi connectivity index (χ0) is 16.3. The summed E-state index contributed by atoms with van der Waals surface area (Å²) in [6.07, 6.45) is 3.76. The number of nitrogens with two attached hydrogens (primary N) is 1. The van der Waals surface area contributed by atoms with Crippen LogP contribution in [0.25, 0.3) is 12.2 Å². The first kappa shape index (κ1) is 16.1. The molecule has 0 aromatic heterocycles. The van der Waals surface area contributed by atoms with Crippen LogP contribution < -0.4 is 5.73 Å². The molecule has 0 fully saturated rings. The number of nitrogen functional groups attached to an aromatic ring is 1. The molecule has 0 aliphatic rings. The fraction of sp³-hybridized carbons (Fsp3) is 0.238. The van der Waals surface area contributed by atoms with Gasteiger partial charge in [-0.25, -0.2) is 0 Å². The van der Waals surface area contributed by atoms with Gasteiger partial charge in [0.2, 0.25) is 0 Å². The standard InChI is InChI=1S/C21H25N/c1-6-16-10-8-9-11-19(16)15(5)18-12-17(7-2)21(22)20(13-18)14(3)4/h6-15H,1-2,22H2,3-5H3. The van der Waals surface area contributed by atoms with Crippen molar-refractivity contribution in [3.05, 3.63) is 77.4 Å². The van der Waals surface area contributed by atoms with E-state index in [1.165, 1.54) is 22.3 Å². The molecule has 2 aromatic carbocycles. The molecular formula is C21H25N. The van der Waals surface area contributed by atoms with Crippen molar-refractivity contribution in [2.24, 2.45) is 0 Å². The lowest BCUT2D eigenvalue weighted by Gasteiger charge is -2.20. The molecule has 0 radical (unpaired) electrons. The number of anilines is 1. The maximum absolute atomic E-state index is 6.27. The largest absolute Gasteiger partial charge is 0.398 e. The lowest BCUT2D eigenvalue weighted by atomic mass is 9.85. The van der Waals surface area contributed by atoms with Crippen LogP contribution in [0.3, 0.4) is 0 Å². The minimum Gasteiger partial charge on any atom is -0.398 e. The molecule has 1 unspecified atom stereocenters. The third kappa shape index (κ3) is 2.99. The van der Waals surface area contributed by atoms with E-state index in [0.29, 0.717) is 5.92 Å². The van der Waals surface area contributed by atoms with Crippen LogP contribution in [0.15, 0.2) is 49.6 Å². The summed E-state index contributed by atoms with van der Waals surface area (Å²) in [6, 6.07) is 12.8. The predicted octanol–water partition coefficient (Wildman–Crippen LogP) is 5.83. The molecule has 0 aliphatic heterocycles. The smallest absolute Gasteiger partial charge is 0.0422 e. The second-order valence-corrected chi connectivity index (χ2v) is 6.03. The Labute approximate surface area is 134 Å². The highest BCUT2D eigenvalue weighted by Crippen LogP contribution is 2.34. The minimum atomic E-state index is 0.283. The summed E-state index contributed by atoms with van der Waals surface area (Å²) in [4.78, 5) is 0. The molecule has 1 nitrogen and oxygen atoms in total. The van der Waals surface area contributed by atoms with Crippen molar-refractivity contribution in [3.8, 4) is 0 Å². The predicted molar refractivity (Wildman–Crippen MR) is 99.1 cm³/mol. The van der Waals surface area contributed by atoms with Gasteiger partial charge in [0.25, 0.3) is 0 Å². The van der Waals surface area contributed by atoms with E-state index in [1.807, 2.05) is 18.2 Å². The Morgan fingerprint density at radius 1 is 0.909 bits per heavy atom. The number of hydrogen-bond acceptors (Lipinski definition) is 1. The van der Waals surface area contributed by atoms with Gasteiger partial charge in [-0.3, -0.25) is 0 Å². The van der Waals surface area contributed by atoms with Crippen LogP contribution in [-0.4, -0.2) is 0 Å². The van der Waals surface area contributed by atoms with Gasteiger partial charge in [-0.05, 0) is 39.8 Å². The van der Waals surface area contributed by atoms with Crippen molar-refractivity contribution in [2.45, 2.75) is 32.6 Å². The Morgan fingerprint density at radius 3 is 2.14 bits per heavy atom. The summed E-state index contributed by atoms with van der Waals surface area (Å²) < 4.78 is 0. The van der Waals surface area contributed by atoms with Crippen LogP contribution in [-0.2, 0) is 0 Å². The van der Waals surface area contributed by atoms with E-state index in [1.54, 1.807) is 0 Å². The van der Waals surface area contributed by atoms with Gasteiger partial charge in [0.1, 0.15) is 0 Å². The Morgan fingerprint density at radius 2 is 1.55 bits per heavy atom. The van der Waals surface area contributed by atoms with Crippen LogP contribution in [0.4, 0.5) is 5.69 Å². The molecule has 0 saturated heterocycles. The Kier molecular flexibility index (Phi) is 4.87.